The lowest BCUT2D eigenvalue weighted by atomic mass is 10.2. The molecule has 0 spiro atoms. The molecule has 0 radical (unpaired) electrons. The lowest BCUT2D eigenvalue weighted by Gasteiger charge is -2.34. The van der Waals surface area contributed by atoms with Crippen molar-refractivity contribution < 1.29 is 14.1 Å². The Hall–Kier alpha value is -2.74. The highest BCUT2D eigenvalue weighted by Gasteiger charge is 2.22. The van der Waals surface area contributed by atoms with E-state index >= 15 is 0 Å². The van der Waals surface area contributed by atoms with Gasteiger partial charge in [0.2, 0.25) is 17.7 Å². The first-order valence-corrected chi connectivity index (χ1v) is 11.3. The maximum atomic E-state index is 12.6. The van der Waals surface area contributed by atoms with Crippen molar-refractivity contribution in [2.75, 3.05) is 37.6 Å². The number of aryl methyl sites for hydroxylation is 1. The van der Waals surface area contributed by atoms with Crippen LogP contribution in [0.1, 0.15) is 51.2 Å². The maximum absolute atomic E-state index is 12.6. The van der Waals surface area contributed by atoms with Gasteiger partial charge in [-0.15, -0.1) is 0 Å². The first-order valence-electron chi connectivity index (χ1n) is 11.3. The van der Waals surface area contributed by atoms with Crippen LogP contribution in [0.2, 0.25) is 0 Å². The molecule has 0 bridgehead atoms. The van der Waals surface area contributed by atoms with Crippen molar-refractivity contribution in [1.29, 1.82) is 0 Å². The molecule has 1 fully saturated rings. The molecule has 1 aliphatic rings. The van der Waals surface area contributed by atoms with Gasteiger partial charge in [-0.25, -0.2) is 0 Å². The van der Waals surface area contributed by atoms with Crippen molar-refractivity contribution >= 4 is 17.5 Å². The molecule has 8 nitrogen and oxygen atoms in total. The van der Waals surface area contributed by atoms with Crippen LogP contribution in [0.4, 0.5) is 5.69 Å². The van der Waals surface area contributed by atoms with Gasteiger partial charge in [0.15, 0.2) is 5.82 Å². The van der Waals surface area contributed by atoms with Crippen molar-refractivity contribution in [3.8, 4) is 0 Å². The third-order valence-corrected chi connectivity index (χ3v) is 5.58. The summed E-state index contributed by atoms with van der Waals surface area (Å²) in [6, 6.07) is 9.66. The Morgan fingerprint density at radius 1 is 1.06 bits per heavy atom. The number of hydrogen-bond acceptors (Lipinski definition) is 6. The van der Waals surface area contributed by atoms with E-state index in [0.717, 1.165) is 44.7 Å². The van der Waals surface area contributed by atoms with Crippen LogP contribution >= 0.6 is 0 Å². The van der Waals surface area contributed by atoms with Gasteiger partial charge in [-0.1, -0.05) is 36.7 Å². The number of rotatable bonds is 10. The zero-order valence-corrected chi connectivity index (χ0v) is 18.6. The van der Waals surface area contributed by atoms with E-state index in [2.05, 4.69) is 22.0 Å². The lowest BCUT2D eigenvalue weighted by molar-refractivity contribution is -0.133. The Morgan fingerprint density at radius 2 is 1.81 bits per heavy atom. The van der Waals surface area contributed by atoms with E-state index in [9.17, 15) is 9.59 Å². The van der Waals surface area contributed by atoms with Gasteiger partial charge in [0.05, 0.1) is 6.54 Å². The molecular weight excluding hydrogens is 394 g/mol. The third kappa shape index (κ3) is 6.62. The Labute approximate surface area is 184 Å². The normalized spacial score (nSPS) is 14.6. The van der Waals surface area contributed by atoms with E-state index in [0.29, 0.717) is 44.1 Å². The smallest absolute Gasteiger partial charge is 0.227 e. The highest BCUT2D eigenvalue weighted by molar-refractivity contribution is 5.93. The molecule has 1 aromatic heterocycles. The number of carbonyl (C=O) groups is 2. The summed E-state index contributed by atoms with van der Waals surface area (Å²) in [6.07, 6.45) is 3.38. The van der Waals surface area contributed by atoms with Crippen LogP contribution in [-0.4, -0.2) is 64.5 Å². The van der Waals surface area contributed by atoms with Crippen LogP contribution in [0, 0.1) is 0 Å². The second-order valence-corrected chi connectivity index (χ2v) is 7.84. The average Bonchev–Trinajstić information content (AvgIpc) is 3.25. The summed E-state index contributed by atoms with van der Waals surface area (Å²) in [5.41, 5.74) is 0.897. The molecule has 0 unspecified atom stereocenters. The van der Waals surface area contributed by atoms with Gasteiger partial charge in [0.1, 0.15) is 0 Å². The Balaban J connectivity index is 1.43. The fourth-order valence-electron chi connectivity index (χ4n) is 3.76. The number of benzene rings is 1. The van der Waals surface area contributed by atoms with Gasteiger partial charge in [-0.05, 0) is 25.5 Å². The Morgan fingerprint density at radius 3 is 2.48 bits per heavy atom. The molecule has 1 aliphatic heterocycles. The number of para-hydroxylation sites is 1. The van der Waals surface area contributed by atoms with Crippen molar-refractivity contribution in [3.63, 3.8) is 0 Å². The zero-order chi connectivity index (χ0) is 22.1. The topological polar surface area (TPSA) is 82.8 Å². The summed E-state index contributed by atoms with van der Waals surface area (Å²) >= 11 is 0. The van der Waals surface area contributed by atoms with Crippen LogP contribution < -0.4 is 4.90 Å². The highest BCUT2D eigenvalue weighted by Crippen LogP contribution is 2.15. The fraction of sp³-hybridized carbons (Fsp3) is 0.565. The fourth-order valence-corrected chi connectivity index (χ4v) is 3.76. The average molecular weight is 428 g/mol. The van der Waals surface area contributed by atoms with Crippen LogP contribution in [0.25, 0.3) is 0 Å². The molecule has 0 saturated carbocycles. The monoisotopic (exact) mass is 427 g/mol. The number of anilines is 1. The standard InChI is InChI=1S/C23H33N5O3/c1-3-5-11-22(29)27-16-14-26(15-17-27)18-20-24-21(31-25-20)12-13-23(30)28(4-2)19-9-7-6-8-10-19/h6-10H,3-5,11-18H2,1-2H3. The van der Waals surface area contributed by atoms with Crippen molar-refractivity contribution in [1.82, 2.24) is 19.9 Å². The van der Waals surface area contributed by atoms with Crippen LogP contribution in [0.5, 0.6) is 0 Å². The van der Waals surface area contributed by atoms with Gasteiger partial charge in [0.25, 0.3) is 0 Å². The summed E-state index contributed by atoms with van der Waals surface area (Å²) in [6.45, 7) is 8.38. The van der Waals surface area contributed by atoms with E-state index < -0.39 is 0 Å². The van der Waals surface area contributed by atoms with E-state index in [1.54, 1.807) is 4.90 Å². The number of aromatic nitrogens is 2. The highest BCUT2D eigenvalue weighted by atomic mass is 16.5. The second kappa shape index (κ2) is 11.6. The van der Waals surface area contributed by atoms with Crippen LogP contribution in [0.3, 0.4) is 0 Å². The summed E-state index contributed by atoms with van der Waals surface area (Å²) in [5.74, 6) is 1.41. The minimum atomic E-state index is 0.0392. The molecule has 2 heterocycles. The number of hydrogen-bond donors (Lipinski definition) is 0. The van der Waals surface area contributed by atoms with Gasteiger partial charge in [0, 0.05) is 57.7 Å². The predicted molar refractivity (Wildman–Crippen MR) is 118 cm³/mol. The molecule has 0 aliphatic carbocycles. The zero-order valence-electron chi connectivity index (χ0n) is 18.6. The largest absolute Gasteiger partial charge is 0.340 e. The number of nitrogens with zero attached hydrogens (tertiary/aromatic N) is 5. The lowest BCUT2D eigenvalue weighted by Crippen LogP contribution is -2.48. The number of amides is 2. The van der Waals surface area contributed by atoms with E-state index in [1.807, 2.05) is 42.2 Å². The van der Waals surface area contributed by atoms with Crippen LogP contribution in [0.15, 0.2) is 34.9 Å². The number of unbranched alkanes of at least 4 members (excludes halogenated alkanes) is 1. The maximum Gasteiger partial charge on any atom is 0.227 e. The molecule has 0 atom stereocenters. The third-order valence-electron chi connectivity index (χ3n) is 5.58. The SMILES string of the molecule is CCCCC(=O)N1CCN(Cc2noc(CCC(=O)N(CC)c3ccccc3)n2)CC1. The van der Waals surface area contributed by atoms with Gasteiger partial charge in [-0.2, -0.15) is 4.98 Å². The summed E-state index contributed by atoms with van der Waals surface area (Å²) < 4.78 is 5.36. The first kappa shape index (κ1) is 22.9. The molecule has 1 saturated heterocycles. The van der Waals surface area contributed by atoms with Gasteiger partial charge in [-0.3, -0.25) is 14.5 Å². The molecular formula is C23H33N5O3. The molecule has 1 aromatic carbocycles. The molecule has 0 N–H and O–H groups in total. The summed E-state index contributed by atoms with van der Waals surface area (Å²) in [7, 11) is 0. The summed E-state index contributed by atoms with van der Waals surface area (Å²) in [5, 5.41) is 4.07. The predicted octanol–water partition coefficient (Wildman–Crippen LogP) is 2.89. The molecule has 2 aromatic rings. The molecule has 2 amide bonds. The van der Waals surface area contributed by atoms with E-state index in [1.165, 1.54) is 0 Å². The Kier molecular flexibility index (Phi) is 8.58. The van der Waals surface area contributed by atoms with Crippen molar-refractivity contribution in [2.45, 2.75) is 52.5 Å². The minimum absolute atomic E-state index is 0.0392. The number of carbonyl (C=O) groups excluding carboxylic acids is 2. The van der Waals surface area contributed by atoms with Crippen LogP contribution in [-0.2, 0) is 22.6 Å². The Bertz CT molecular complexity index is 831. The molecule has 31 heavy (non-hydrogen) atoms. The molecule has 3 rings (SSSR count). The second-order valence-electron chi connectivity index (χ2n) is 7.84. The van der Waals surface area contributed by atoms with Gasteiger partial charge < -0.3 is 14.3 Å². The first-order chi connectivity index (χ1) is 15.1. The van der Waals surface area contributed by atoms with E-state index in [4.69, 9.17) is 4.52 Å². The molecule has 168 valence electrons. The molecule has 8 heteroatoms. The quantitative estimate of drug-likeness (QED) is 0.580. The van der Waals surface area contributed by atoms with Crippen molar-refractivity contribution in [2.24, 2.45) is 0 Å². The van der Waals surface area contributed by atoms with Crippen molar-refractivity contribution in [3.05, 3.63) is 42.0 Å². The summed E-state index contributed by atoms with van der Waals surface area (Å²) in [4.78, 5) is 35.2. The van der Waals surface area contributed by atoms with Gasteiger partial charge >= 0.3 is 0 Å². The van der Waals surface area contributed by atoms with E-state index in [-0.39, 0.29) is 11.8 Å². The number of piperazine rings is 1. The minimum Gasteiger partial charge on any atom is -0.340 e.